The molecule has 2 aromatic carbocycles. The van der Waals surface area contributed by atoms with E-state index in [0.29, 0.717) is 30.8 Å². The summed E-state index contributed by atoms with van der Waals surface area (Å²) < 4.78 is 28.3. The van der Waals surface area contributed by atoms with Crippen LogP contribution >= 0.6 is 0 Å². The SMILES string of the molecule is Cc1ccc(C(=O)NCc2ccc(-n3ccnc3)cc2)cc1N1CCCCS1(=O)=O. The molecule has 1 fully saturated rings. The Morgan fingerprint density at radius 1 is 1.13 bits per heavy atom. The highest BCUT2D eigenvalue weighted by Crippen LogP contribution is 2.28. The first-order chi connectivity index (χ1) is 14.4. The van der Waals surface area contributed by atoms with Gasteiger partial charge in [-0.05, 0) is 55.2 Å². The summed E-state index contributed by atoms with van der Waals surface area (Å²) in [5.41, 5.74) is 3.84. The van der Waals surface area contributed by atoms with E-state index in [0.717, 1.165) is 23.2 Å². The molecule has 7 nitrogen and oxygen atoms in total. The van der Waals surface area contributed by atoms with Crippen molar-refractivity contribution in [3.63, 3.8) is 0 Å². The van der Waals surface area contributed by atoms with Crippen LogP contribution in [0.1, 0.15) is 34.3 Å². The molecule has 0 unspecified atom stereocenters. The summed E-state index contributed by atoms with van der Waals surface area (Å²) >= 11 is 0. The molecule has 4 rings (SSSR count). The lowest BCUT2D eigenvalue weighted by molar-refractivity contribution is 0.0951. The van der Waals surface area contributed by atoms with Crippen LogP contribution in [0.2, 0.25) is 0 Å². The fraction of sp³-hybridized carbons (Fsp3) is 0.273. The average Bonchev–Trinajstić information content (AvgIpc) is 3.28. The highest BCUT2D eigenvalue weighted by molar-refractivity contribution is 7.92. The van der Waals surface area contributed by atoms with Crippen molar-refractivity contribution in [2.75, 3.05) is 16.6 Å². The van der Waals surface area contributed by atoms with Gasteiger partial charge >= 0.3 is 0 Å². The van der Waals surface area contributed by atoms with Crippen LogP contribution in [-0.4, -0.2) is 36.2 Å². The van der Waals surface area contributed by atoms with Crippen molar-refractivity contribution in [1.29, 1.82) is 0 Å². The number of nitrogens with one attached hydrogen (secondary N) is 1. The van der Waals surface area contributed by atoms with Gasteiger partial charge in [0.1, 0.15) is 0 Å². The molecule has 1 N–H and O–H groups in total. The number of sulfonamides is 1. The molecule has 2 heterocycles. The number of carbonyl (C=O) groups excluding carboxylic acids is 1. The van der Waals surface area contributed by atoms with Crippen LogP contribution < -0.4 is 9.62 Å². The van der Waals surface area contributed by atoms with E-state index in [1.807, 2.05) is 42.0 Å². The van der Waals surface area contributed by atoms with Gasteiger partial charge in [0.25, 0.3) is 5.91 Å². The van der Waals surface area contributed by atoms with E-state index in [9.17, 15) is 13.2 Å². The Hall–Kier alpha value is -3.13. The second-order valence-corrected chi connectivity index (χ2v) is 9.43. The molecule has 0 spiro atoms. The maximum Gasteiger partial charge on any atom is 0.251 e. The number of carbonyl (C=O) groups is 1. The summed E-state index contributed by atoms with van der Waals surface area (Å²) in [6.07, 6.45) is 6.82. The lowest BCUT2D eigenvalue weighted by atomic mass is 10.1. The monoisotopic (exact) mass is 424 g/mol. The van der Waals surface area contributed by atoms with E-state index < -0.39 is 10.0 Å². The van der Waals surface area contributed by atoms with Crippen molar-refractivity contribution < 1.29 is 13.2 Å². The molecule has 8 heteroatoms. The van der Waals surface area contributed by atoms with Gasteiger partial charge in [-0.2, -0.15) is 0 Å². The van der Waals surface area contributed by atoms with E-state index in [2.05, 4.69) is 10.3 Å². The summed E-state index contributed by atoms with van der Waals surface area (Å²) in [5.74, 6) is -0.0814. The predicted molar refractivity (Wildman–Crippen MR) is 116 cm³/mol. The molecule has 1 aliphatic heterocycles. The van der Waals surface area contributed by atoms with Gasteiger partial charge < -0.3 is 9.88 Å². The first-order valence-electron chi connectivity index (χ1n) is 9.90. The molecule has 1 aliphatic rings. The van der Waals surface area contributed by atoms with Crippen molar-refractivity contribution in [2.45, 2.75) is 26.3 Å². The molecule has 1 saturated heterocycles. The molecular weight excluding hydrogens is 400 g/mol. The minimum Gasteiger partial charge on any atom is -0.348 e. The van der Waals surface area contributed by atoms with Gasteiger partial charge in [0.2, 0.25) is 10.0 Å². The maximum atomic E-state index is 12.7. The third-order valence-electron chi connectivity index (χ3n) is 5.28. The Bertz CT molecular complexity index is 1140. The molecule has 0 bridgehead atoms. The minimum absolute atomic E-state index is 0.151. The normalized spacial score (nSPS) is 15.7. The second-order valence-electron chi connectivity index (χ2n) is 7.42. The van der Waals surface area contributed by atoms with Crippen LogP contribution in [0, 0.1) is 6.92 Å². The van der Waals surface area contributed by atoms with Crippen molar-refractivity contribution >= 4 is 21.6 Å². The van der Waals surface area contributed by atoms with Crippen LogP contribution in [0.15, 0.2) is 61.2 Å². The molecule has 1 amide bonds. The molecule has 1 aromatic heterocycles. The number of amides is 1. The third kappa shape index (κ3) is 4.23. The van der Waals surface area contributed by atoms with Crippen molar-refractivity contribution in [2.24, 2.45) is 0 Å². The average molecular weight is 425 g/mol. The standard InChI is InChI=1S/C22H24N4O3S/c1-17-4-7-19(14-21(17)26-11-2-3-13-30(26,28)29)22(27)24-15-18-5-8-20(9-6-18)25-12-10-23-16-25/h4-10,12,14,16H,2-3,11,13,15H2,1H3,(H,24,27). The molecule has 3 aromatic rings. The van der Waals surface area contributed by atoms with E-state index in [4.69, 9.17) is 0 Å². The van der Waals surface area contributed by atoms with Gasteiger partial charge in [-0.25, -0.2) is 13.4 Å². The highest BCUT2D eigenvalue weighted by atomic mass is 32.2. The molecule has 30 heavy (non-hydrogen) atoms. The number of hydrogen-bond donors (Lipinski definition) is 1. The summed E-state index contributed by atoms with van der Waals surface area (Å²) in [6.45, 7) is 2.70. The zero-order chi connectivity index (χ0) is 21.1. The number of benzene rings is 2. The van der Waals surface area contributed by atoms with Crippen molar-refractivity contribution in [3.05, 3.63) is 77.9 Å². The largest absolute Gasteiger partial charge is 0.348 e. The Balaban J connectivity index is 1.46. The minimum atomic E-state index is -3.32. The highest BCUT2D eigenvalue weighted by Gasteiger charge is 2.27. The number of hydrogen-bond acceptors (Lipinski definition) is 4. The predicted octanol–water partition coefficient (Wildman–Crippen LogP) is 3.04. The van der Waals surface area contributed by atoms with Gasteiger partial charge in [-0.15, -0.1) is 0 Å². The van der Waals surface area contributed by atoms with E-state index in [1.54, 1.807) is 30.7 Å². The Morgan fingerprint density at radius 2 is 1.93 bits per heavy atom. The first-order valence-corrected chi connectivity index (χ1v) is 11.5. The van der Waals surface area contributed by atoms with Crippen LogP contribution in [0.25, 0.3) is 5.69 Å². The Labute approximate surface area is 176 Å². The molecule has 156 valence electrons. The van der Waals surface area contributed by atoms with E-state index in [1.165, 1.54) is 4.31 Å². The first kappa shape index (κ1) is 20.2. The van der Waals surface area contributed by atoms with E-state index in [-0.39, 0.29) is 11.7 Å². The fourth-order valence-electron chi connectivity index (χ4n) is 3.56. The van der Waals surface area contributed by atoms with Crippen LogP contribution in [-0.2, 0) is 16.6 Å². The quantitative estimate of drug-likeness (QED) is 0.682. The van der Waals surface area contributed by atoms with Gasteiger partial charge in [0, 0.05) is 36.7 Å². The molecule has 0 radical (unpaired) electrons. The van der Waals surface area contributed by atoms with Gasteiger partial charge in [0.05, 0.1) is 17.8 Å². The van der Waals surface area contributed by atoms with E-state index >= 15 is 0 Å². The lowest BCUT2D eigenvalue weighted by Crippen LogP contribution is -2.38. The van der Waals surface area contributed by atoms with Crippen LogP contribution in [0.3, 0.4) is 0 Å². The zero-order valence-corrected chi connectivity index (χ0v) is 17.6. The number of anilines is 1. The number of aryl methyl sites for hydroxylation is 1. The summed E-state index contributed by atoms with van der Waals surface area (Å²) in [6, 6.07) is 13.0. The van der Waals surface area contributed by atoms with Gasteiger partial charge in [0.15, 0.2) is 0 Å². The third-order valence-corrected chi connectivity index (χ3v) is 7.14. The smallest absolute Gasteiger partial charge is 0.251 e. The number of rotatable bonds is 5. The van der Waals surface area contributed by atoms with Gasteiger partial charge in [-0.1, -0.05) is 18.2 Å². The molecule has 0 aliphatic carbocycles. The van der Waals surface area contributed by atoms with Crippen molar-refractivity contribution in [1.82, 2.24) is 14.9 Å². The summed E-state index contributed by atoms with van der Waals surface area (Å²) in [5, 5.41) is 2.91. The Morgan fingerprint density at radius 3 is 2.63 bits per heavy atom. The zero-order valence-electron chi connectivity index (χ0n) is 16.8. The Kier molecular flexibility index (Phi) is 5.59. The van der Waals surface area contributed by atoms with Crippen molar-refractivity contribution in [3.8, 4) is 5.69 Å². The number of nitrogens with zero attached hydrogens (tertiary/aromatic N) is 3. The number of imidazole rings is 1. The second kappa shape index (κ2) is 8.31. The molecule has 0 saturated carbocycles. The fourth-order valence-corrected chi connectivity index (χ4v) is 5.25. The van der Waals surface area contributed by atoms with Crippen LogP contribution in [0.4, 0.5) is 5.69 Å². The summed E-state index contributed by atoms with van der Waals surface area (Å²) in [7, 11) is -3.32. The summed E-state index contributed by atoms with van der Waals surface area (Å²) in [4.78, 5) is 16.7. The molecule has 0 atom stereocenters. The lowest BCUT2D eigenvalue weighted by Gasteiger charge is -2.29. The number of aromatic nitrogens is 2. The topological polar surface area (TPSA) is 84.3 Å². The van der Waals surface area contributed by atoms with Gasteiger partial charge in [-0.3, -0.25) is 9.10 Å². The maximum absolute atomic E-state index is 12.7. The van der Waals surface area contributed by atoms with Crippen LogP contribution in [0.5, 0.6) is 0 Å². The molecular formula is C22H24N4O3S.